The molecule has 0 aromatic heterocycles. The van der Waals surface area contributed by atoms with Crippen LogP contribution >= 0.6 is 34.8 Å². The predicted octanol–water partition coefficient (Wildman–Crippen LogP) is 4.20. The molecule has 8 heteroatoms. The number of rotatable bonds is 4. The van der Waals surface area contributed by atoms with Crippen LogP contribution < -0.4 is 10.6 Å². The third kappa shape index (κ3) is 6.30. The number of ether oxygens (including phenoxy) is 1. The summed E-state index contributed by atoms with van der Waals surface area (Å²) >= 11 is 17.6. The molecule has 0 atom stereocenters. The normalized spacial score (nSPS) is 11.0. The van der Waals surface area contributed by atoms with E-state index in [9.17, 15) is 9.59 Å². The lowest BCUT2D eigenvalue weighted by Gasteiger charge is -2.19. The Balaban J connectivity index is 2.74. The molecule has 1 rings (SSSR count). The van der Waals surface area contributed by atoms with Gasteiger partial charge in [-0.2, -0.15) is 0 Å². The summed E-state index contributed by atoms with van der Waals surface area (Å²) in [6, 6.07) is 3.18. The monoisotopic (exact) mass is 366 g/mol. The highest BCUT2D eigenvalue weighted by Gasteiger charge is 2.16. The lowest BCUT2D eigenvalue weighted by molar-refractivity contribution is -0.113. The van der Waals surface area contributed by atoms with Crippen LogP contribution in [0.3, 0.4) is 0 Å². The van der Waals surface area contributed by atoms with Gasteiger partial charge < -0.3 is 15.4 Å². The number of alkyl halides is 1. The highest BCUT2D eigenvalue weighted by atomic mass is 35.5. The molecule has 2 amide bonds. The quantitative estimate of drug-likeness (QED) is 0.784. The first-order valence-corrected chi connectivity index (χ1v) is 7.72. The van der Waals surface area contributed by atoms with Gasteiger partial charge in [-0.05, 0) is 38.5 Å². The molecule has 0 unspecified atom stereocenters. The van der Waals surface area contributed by atoms with Gasteiger partial charge in [0.15, 0.2) is 0 Å². The fourth-order valence-corrected chi connectivity index (χ4v) is 2.20. The van der Waals surface area contributed by atoms with Crippen molar-refractivity contribution in [3.63, 3.8) is 0 Å². The molecule has 122 valence electrons. The van der Waals surface area contributed by atoms with Gasteiger partial charge in [-0.25, -0.2) is 4.79 Å². The SMILES string of the molecule is CC(C)(C)OC(=O)NCc1cc(Cl)c(NC(=O)CCl)c(Cl)c1. The Hall–Kier alpha value is -1.17. The van der Waals surface area contributed by atoms with Gasteiger partial charge in [-0.3, -0.25) is 4.79 Å². The predicted molar refractivity (Wildman–Crippen MR) is 88.9 cm³/mol. The van der Waals surface area contributed by atoms with Crippen molar-refractivity contribution >= 4 is 52.5 Å². The molecule has 0 aliphatic heterocycles. The van der Waals surface area contributed by atoms with Crippen molar-refractivity contribution in [1.29, 1.82) is 0 Å². The van der Waals surface area contributed by atoms with Crippen LogP contribution in [0.5, 0.6) is 0 Å². The Morgan fingerprint density at radius 3 is 2.18 bits per heavy atom. The van der Waals surface area contributed by atoms with Gasteiger partial charge in [0.05, 0.1) is 15.7 Å². The molecule has 0 saturated heterocycles. The van der Waals surface area contributed by atoms with E-state index in [0.717, 1.165) is 0 Å². The molecule has 0 spiro atoms. The largest absolute Gasteiger partial charge is 0.444 e. The zero-order chi connectivity index (χ0) is 16.9. The van der Waals surface area contributed by atoms with Gasteiger partial charge >= 0.3 is 6.09 Å². The van der Waals surface area contributed by atoms with Crippen molar-refractivity contribution in [1.82, 2.24) is 5.32 Å². The van der Waals surface area contributed by atoms with E-state index in [1.165, 1.54) is 0 Å². The number of amides is 2. The van der Waals surface area contributed by atoms with Crippen LogP contribution in [0, 0.1) is 0 Å². The van der Waals surface area contributed by atoms with E-state index in [2.05, 4.69) is 10.6 Å². The summed E-state index contributed by atoms with van der Waals surface area (Å²) < 4.78 is 5.12. The maximum absolute atomic E-state index is 11.6. The third-order valence-electron chi connectivity index (χ3n) is 2.32. The van der Waals surface area contributed by atoms with Crippen LogP contribution in [0.15, 0.2) is 12.1 Å². The second kappa shape index (κ2) is 7.90. The zero-order valence-electron chi connectivity index (χ0n) is 12.4. The van der Waals surface area contributed by atoms with E-state index in [1.54, 1.807) is 32.9 Å². The first-order valence-electron chi connectivity index (χ1n) is 6.43. The van der Waals surface area contributed by atoms with Crippen LogP contribution in [-0.4, -0.2) is 23.5 Å². The van der Waals surface area contributed by atoms with E-state index in [4.69, 9.17) is 39.5 Å². The van der Waals surface area contributed by atoms with Crippen molar-refractivity contribution in [2.75, 3.05) is 11.2 Å². The van der Waals surface area contributed by atoms with Crippen molar-refractivity contribution in [2.45, 2.75) is 32.9 Å². The Morgan fingerprint density at radius 1 is 1.18 bits per heavy atom. The number of hydrogen-bond donors (Lipinski definition) is 2. The van der Waals surface area contributed by atoms with Crippen LogP contribution in [0.2, 0.25) is 10.0 Å². The summed E-state index contributed by atoms with van der Waals surface area (Å²) in [7, 11) is 0. The molecule has 1 aromatic rings. The fraction of sp³-hybridized carbons (Fsp3) is 0.429. The molecular weight excluding hydrogens is 351 g/mol. The molecule has 0 radical (unpaired) electrons. The number of halogens is 3. The Labute approximate surface area is 144 Å². The first-order chi connectivity index (χ1) is 10.1. The molecule has 0 fully saturated rings. The molecule has 22 heavy (non-hydrogen) atoms. The molecular formula is C14H17Cl3N2O3. The van der Waals surface area contributed by atoms with E-state index >= 15 is 0 Å². The van der Waals surface area contributed by atoms with Crippen LogP contribution in [0.1, 0.15) is 26.3 Å². The average molecular weight is 368 g/mol. The van der Waals surface area contributed by atoms with Crippen molar-refractivity contribution < 1.29 is 14.3 Å². The highest BCUT2D eigenvalue weighted by Crippen LogP contribution is 2.32. The second-order valence-electron chi connectivity index (χ2n) is 5.47. The van der Waals surface area contributed by atoms with Crippen LogP contribution in [0.25, 0.3) is 0 Å². The zero-order valence-corrected chi connectivity index (χ0v) is 14.7. The summed E-state index contributed by atoms with van der Waals surface area (Å²) in [4.78, 5) is 22.9. The number of alkyl carbamates (subject to hydrolysis) is 1. The van der Waals surface area contributed by atoms with E-state index in [1.807, 2.05) is 0 Å². The van der Waals surface area contributed by atoms with Crippen LogP contribution in [0.4, 0.5) is 10.5 Å². The van der Waals surface area contributed by atoms with Gasteiger partial charge in [-0.15, -0.1) is 11.6 Å². The number of anilines is 1. The van der Waals surface area contributed by atoms with Gasteiger partial charge in [0.1, 0.15) is 11.5 Å². The minimum absolute atomic E-state index is 0.193. The molecule has 0 aliphatic carbocycles. The third-order valence-corrected chi connectivity index (χ3v) is 3.16. The topological polar surface area (TPSA) is 67.4 Å². The van der Waals surface area contributed by atoms with Crippen molar-refractivity contribution in [2.24, 2.45) is 0 Å². The maximum atomic E-state index is 11.6. The number of benzene rings is 1. The maximum Gasteiger partial charge on any atom is 0.407 e. The second-order valence-corrected chi connectivity index (χ2v) is 6.55. The summed E-state index contributed by atoms with van der Waals surface area (Å²) in [6.07, 6.45) is -0.542. The molecule has 5 nitrogen and oxygen atoms in total. The minimum atomic E-state index is -0.574. The van der Waals surface area contributed by atoms with E-state index in [-0.39, 0.29) is 28.2 Å². The van der Waals surface area contributed by atoms with Gasteiger partial charge in [0.25, 0.3) is 0 Å². The number of hydrogen-bond acceptors (Lipinski definition) is 3. The molecule has 0 aliphatic rings. The molecule has 0 heterocycles. The first kappa shape index (κ1) is 18.9. The molecule has 0 bridgehead atoms. The van der Waals surface area contributed by atoms with Gasteiger partial charge in [0, 0.05) is 6.54 Å². The number of carbonyl (C=O) groups excluding carboxylic acids is 2. The summed E-state index contributed by atoms with van der Waals surface area (Å²) in [6.45, 7) is 5.51. The molecule has 0 saturated carbocycles. The highest BCUT2D eigenvalue weighted by molar-refractivity contribution is 6.40. The Morgan fingerprint density at radius 2 is 1.73 bits per heavy atom. The molecule has 2 N–H and O–H groups in total. The Bertz CT molecular complexity index is 548. The van der Waals surface area contributed by atoms with E-state index < -0.39 is 17.6 Å². The average Bonchev–Trinajstić information content (AvgIpc) is 2.38. The lowest BCUT2D eigenvalue weighted by Crippen LogP contribution is -2.32. The van der Waals surface area contributed by atoms with E-state index in [0.29, 0.717) is 5.56 Å². The van der Waals surface area contributed by atoms with Gasteiger partial charge in [-0.1, -0.05) is 23.2 Å². The van der Waals surface area contributed by atoms with Gasteiger partial charge in [0.2, 0.25) is 5.91 Å². The lowest BCUT2D eigenvalue weighted by atomic mass is 10.2. The van der Waals surface area contributed by atoms with Crippen LogP contribution in [-0.2, 0) is 16.1 Å². The fourth-order valence-electron chi connectivity index (χ4n) is 1.51. The summed E-state index contributed by atoms with van der Waals surface area (Å²) in [5.41, 5.74) is 0.384. The standard InChI is InChI=1S/C14H17Cl3N2O3/c1-14(2,3)22-13(21)18-7-8-4-9(16)12(10(17)5-8)19-11(20)6-15/h4-5H,6-7H2,1-3H3,(H,18,21)(H,19,20). The molecule has 1 aromatic carbocycles. The minimum Gasteiger partial charge on any atom is -0.444 e. The van der Waals surface area contributed by atoms with Crippen molar-refractivity contribution in [3.8, 4) is 0 Å². The smallest absolute Gasteiger partial charge is 0.407 e. The Kier molecular flexibility index (Phi) is 6.78. The number of nitrogens with one attached hydrogen (secondary N) is 2. The summed E-state index contributed by atoms with van der Waals surface area (Å²) in [5.74, 6) is -0.612. The number of carbonyl (C=O) groups is 2. The summed E-state index contributed by atoms with van der Waals surface area (Å²) in [5, 5.41) is 5.61. The van der Waals surface area contributed by atoms with Crippen molar-refractivity contribution in [3.05, 3.63) is 27.7 Å².